The lowest BCUT2D eigenvalue weighted by atomic mass is 9.87. The summed E-state index contributed by atoms with van der Waals surface area (Å²) >= 11 is 5.90. The van der Waals surface area contributed by atoms with E-state index in [-0.39, 0.29) is 5.92 Å². The maximum Gasteiger partial charge on any atom is 0.422 e. The first-order valence-electron chi connectivity index (χ1n) is 10.1. The predicted molar refractivity (Wildman–Crippen MR) is 106 cm³/mol. The topological polar surface area (TPSA) is 74.3 Å². The number of carbonyl (C=O) groups is 2. The van der Waals surface area contributed by atoms with Gasteiger partial charge in [-0.15, -0.1) is 0 Å². The van der Waals surface area contributed by atoms with E-state index in [1.165, 1.54) is 0 Å². The Morgan fingerprint density at radius 3 is 2.48 bits per heavy atom. The van der Waals surface area contributed by atoms with Gasteiger partial charge < -0.3 is 18.9 Å². The van der Waals surface area contributed by atoms with Crippen LogP contribution in [0.5, 0.6) is 5.75 Å². The lowest BCUT2D eigenvalue weighted by molar-refractivity contribution is -0.322. The van der Waals surface area contributed by atoms with Gasteiger partial charge in [-0.05, 0) is 49.4 Å². The zero-order chi connectivity index (χ0) is 20.9. The van der Waals surface area contributed by atoms with Crippen molar-refractivity contribution in [2.24, 2.45) is 5.92 Å². The smallest absolute Gasteiger partial charge is 0.422 e. The van der Waals surface area contributed by atoms with E-state index in [0.29, 0.717) is 31.1 Å². The highest BCUT2D eigenvalue weighted by Crippen LogP contribution is 2.41. The molecule has 2 aliphatic rings. The lowest BCUT2D eigenvalue weighted by Crippen LogP contribution is -2.65. The summed E-state index contributed by atoms with van der Waals surface area (Å²) in [5, 5.41) is 0.652. The molecule has 1 aromatic carbocycles. The van der Waals surface area contributed by atoms with E-state index >= 15 is 0 Å². The monoisotopic (exact) mass is 425 g/mol. The normalized spacial score (nSPS) is 23.8. The zero-order valence-electron chi connectivity index (χ0n) is 16.9. The Balaban J connectivity index is 1.68. The van der Waals surface area contributed by atoms with Crippen molar-refractivity contribution < 1.29 is 28.5 Å². The summed E-state index contributed by atoms with van der Waals surface area (Å²) in [5.74, 6) is -2.68. The van der Waals surface area contributed by atoms with E-state index in [1.807, 2.05) is 17.0 Å². The molecule has 2 unspecified atom stereocenters. The molecule has 0 amide bonds. The van der Waals surface area contributed by atoms with Crippen molar-refractivity contribution in [3.63, 3.8) is 0 Å². The van der Waals surface area contributed by atoms with E-state index in [2.05, 4.69) is 6.92 Å². The van der Waals surface area contributed by atoms with Crippen molar-refractivity contribution in [2.45, 2.75) is 51.0 Å². The Labute approximate surface area is 176 Å². The molecule has 0 bridgehead atoms. The number of nitrogens with zero attached hydrogens (tertiary/aromatic N) is 1. The average Bonchev–Trinajstić information content (AvgIpc) is 3.00. The van der Waals surface area contributed by atoms with Crippen LogP contribution in [0.1, 0.15) is 39.0 Å². The summed E-state index contributed by atoms with van der Waals surface area (Å²) < 4.78 is 22.5. The van der Waals surface area contributed by atoms with E-state index in [1.54, 1.807) is 19.2 Å². The van der Waals surface area contributed by atoms with Gasteiger partial charge in [0.25, 0.3) is 0 Å². The molecular formula is C21H28ClNO6. The quantitative estimate of drug-likeness (QED) is 0.341. The second-order valence-corrected chi connectivity index (χ2v) is 7.84. The highest BCUT2D eigenvalue weighted by molar-refractivity contribution is 6.31. The summed E-state index contributed by atoms with van der Waals surface area (Å²) in [4.78, 5) is 25.7. The van der Waals surface area contributed by atoms with Crippen LogP contribution < -0.4 is 4.74 Å². The SMILES string of the molecule is CCCCCN1CCC(CCOc2ccc(Cl)cc2)C(OC)C12OC(=O)C(=O)O2. The molecule has 1 aromatic rings. The molecule has 2 fully saturated rings. The Bertz CT molecular complexity index is 694. The van der Waals surface area contributed by atoms with Gasteiger partial charge in [0.2, 0.25) is 0 Å². The molecule has 7 nitrogen and oxygen atoms in total. The van der Waals surface area contributed by atoms with Crippen LogP contribution in [0.4, 0.5) is 0 Å². The van der Waals surface area contributed by atoms with Gasteiger partial charge in [0.15, 0.2) is 6.10 Å². The van der Waals surface area contributed by atoms with Crippen molar-refractivity contribution >= 4 is 23.5 Å². The van der Waals surface area contributed by atoms with Crippen LogP contribution in [0.25, 0.3) is 0 Å². The maximum atomic E-state index is 11.9. The van der Waals surface area contributed by atoms with Gasteiger partial charge in [-0.3, -0.25) is 0 Å². The van der Waals surface area contributed by atoms with Gasteiger partial charge in [0.1, 0.15) is 5.75 Å². The second kappa shape index (κ2) is 9.78. The van der Waals surface area contributed by atoms with Gasteiger partial charge in [0, 0.05) is 25.2 Å². The van der Waals surface area contributed by atoms with Crippen LogP contribution in [-0.2, 0) is 23.8 Å². The number of benzene rings is 1. The van der Waals surface area contributed by atoms with Gasteiger partial charge in [-0.25, -0.2) is 14.5 Å². The molecule has 29 heavy (non-hydrogen) atoms. The number of likely N-dealkylation sites (tertiary alicyclic amines) is 1. The molecule has 0 aromatic heterocycles. The van der Waals surface area contributed by atoms with Gasteiger partial charge in [0.05, 0.1) is 6.61 Å². The molecule has 0 radical (unpaired) electrons. The highest BCUT2D eigenvalue weighted by atomic mass is 35.5. The van der Waals surface area contributed by atoms with E-state index in [9.17, 15) is 9.59 Å². The molecule has 3 rings (SSSR count). The van der Waals surface area contributed by atoms with Crippen molar-refractivity contribution in [3.8, 4) is 5.75 Å². The Morgan fingerprint density at radius 1 is 1.17 bits per heavy atom. The molecule has 0 aliphatic carbocycles. The summed E-state index contributed by atoms with van der Waals surface area (Å²) in [7, 11) is 1.55. The lowest BCUT2D eigenvalue weighted by Gasteiger charge is -2.48. The fourth-order valence-electron chi connectivity index (χ4n) is 4.04. The standard InChI is InChI=1S/C21H28ClNO6/c1-3-4-5-12-23-13-10-15(11-14-27-17-8-6-16(22)7-9-17)18(26-2)21(23)28-19(24)20(25)29-21/h6-9,15,18H,3-5,10-14H2,1-2H3. The third kappa shape index (κ3) is 4.85. The third-order valence-corrected chi connectivity index (χ3v) is 5.75. The second-order valence-electron chi connectivity index (χ2n) is 7.40. The molecule has 160 valence electrons. The number of piperidine rings is 1. The number of hydrogen-bond acceptors (Lipinski definition) is 7. The molecular weight excluding hydrogens is 398 g/mol. The molecule has 2 heterocycles. The van der Waals surface area contributed by atoms with Gasteiger partial charge in [-0.1, -0.05) is 31.4 Å². The first-order chi connectivity index (χ1) is 14.0. The first kappa shape index (κ1) is 21.9. The number of ether oxygens (including phenoxy) is 4. The molecule has 2 atom stereocenters. The molecule has 0 N–H and O–H groups in total. The summed E-state index contributed by atoms with van der Waals surface area (Å²) in [5.41, 5.74) is 0. The Hall–Kier alpha value is -1.83. The molecule has 2 aliphatic heterocycles. The van der Waals surface area contributed by atoms with E-state index in [0.717, 1.165) is 31.4 Å². The largest absolute Gasteiger partial charge is 0.494 e. The van der Waals surface area contributed by atoms with Crippen LogP contribution in [0.3, 0.4) is 0 Å². The number of halogens is 1. The zero-order valence-corrected chi connectivity index (χ0v) is 17.7. The van der Waals surface area contributed by atoms with E-state index < -0.39 is 24.0 Å². The maximum absolute atomic E-state index is 11.9. The first-order valence-corrected chi connectivity index (χ1v) is 10.5. The molecule has 2 saturated heterocycles. The minimum atomic E-state index is -1.49. The van der Waals surface area contributed by atoms with Crippen LogP contribution in [0.2, 0.25) is 5.02 Å². The van der Waals surface area contributed by atoms with E-state index in [4.69, 9.17) is 30.5 Å². The van der Waals surface area contributed by atoms with Crippen molar-refractivity contribution in [2.75, 3.05) is 26.8 Å². The van der Waals surface area contributed by atoms with Gasteiger partial charge >= 0.3 is 17.8 Å². The van der Waals surface area contributed by atoms with Crippen molar-refractivity contribution in [1.29, 1.82) is 0 Å². The van der Waals surface area contributed by atoms with Crippen LogP contribution in [-0.4, -0.2) is 55.7 Å². The van der Waals surface area contributed by atoms with Crippen molar-refractivity contribution in [3.05, 3.63) is 29.3 Å². The summed E-state index contributed by atoms with van der Waals surface area (Å²) in [6.07, 6.45) is 3.95. The average molecular weight is 426 g/mol. The summed E-state index contributed by atoms with van der Waals surface area (Å²) in [6, 6.07) is 7.18. The fourth-order valence-corrected chi connectivity index (χ4v) is 4.16. The van der Waals surface area contributed by atoms with Crippen LogP contribution in [0.15, 0.2) is 24.3 Å². The predicted octanol–water partition coefficient (Wildman–Crippen LogP) is 3.39. The summed E-state index contributed by atoms with van der Waals surface area (Å²) in [6.45, 7) is 3.90. The van der Waals surface area contributed by atoms with Crippen LogP contribution in [0, 0.1) is 5.92 Å². The Morgan fingerprint density at radius 2 is 1.86 bits per heavy atom. The van der Waals surface area contributed by atoms with Gasteiger partial charge in [-0.2, -0.15) is 0 Å². The van der Waals surface area contributed by atoms with Crippen molar-refractivity contribution in [1.82, 2.24) is 4.90 Å². The minimum Gasteiger partial charge on any atom is -0.494 e. The number of methoxy groups -OCH3 is 1. The number of hydrogen-bond donors (Lipinski definition) is 0. The molecule has 8 heteroatoms. The molecule has 0 saturated carbocycles. The number of carbonyl (C=O) groups excluding carboxylic acids is 2. The molecule has 1 spiro atoms. The fraction of sp³-hybridized carbons (Fsp3) is 0.619. The third-order valence-electron chi connectivity index (χ3n) is 5.50. The number of esters is 2. The number of unbranched alkanes of at least 4 members (excludes halogenated alkanes) is 2. The minimum absolute atomic E-state index is 0.00780. The Kier molecular flexibility index (Phi) is 7.38. The number of rotatable bonds is 9. The van der Waals surface area contributed by atoms with Crippen LogP contribution >= 0.6 is 11.6 Å². The highest BCUT2D eigenvalue weighted by Gasteiger charge is 2.62.